The van der Waals surface area contributed by atoms with Crippen molar-refractivity contribution in [1.29, 1.82) is 0 Å². The summed E-state index contributed by atoms with van der Waals surface area (Å²) in [5, 5.41) is 6.02. The van der Waals surface area contributed by atoms with Gasteiger partial charge in [-0.05, 0) is 26.7 Å². The molecule has 1 atom stereocenters. The number of hydrogen-bond acceptors (Lipinski definition) is 5. The van der Waals surface area contributed by atoms with Crippen molar-refractivity contribution in [3.05, 3.63) is 22.8 Å². The van der Waals surface area contributed by atoms with E-state index >= 15 is 0 Å². The minimum Gasteiger partial charge on any atom is -0.367 e. The van der Waals surface area contributed by atoms with Crippen LogP contribution in [-0.4, -0.2) is 26.9 Å². The van der Waals surface area contributed by atoms with Gasteiger partial charge in [0.15, 0.2) is 10.8 Å². The van der Waals surface area contributed by atoms with Crippen LogP contribution < -0.4 is 5.32 Å². The number of aromatic nitrogens is 3. The number of nitrogens with zero attached hydrogens (tertiary/aromatic N) is 3. The fraction of sp³-hybridized carbons (Fsp3) is 0.562. The van der Waals surface area contributed by atoms with Crippen LogP contribution in [0.3, 0.4) is 0 Å². The molecule has 1 unspecified atom stereocenters. The van der Waals surface area contributed by atoms with Crippen molar-refractivity contribution in [1.82, 2.24) is 15.0 Å². The number of thiazole rings is 1. The Labute approximate surface area is 152 Å². The highest BCUT2D eigenvalue weighted by atomic mass is 79.9. The van der Waals surface area contributed by atoms with Crippen LogP contribution in [0.5, 0.6) is 0 Å². The molecule has 0 spiro atoms. The Kier molecular flexibility index (Phi) is 5.15. The fourth-order valence-corrected chi connectivity index (χ4v) is 3.65. The highest BCUT2D eigenvalue weighted by Crippen LogP contribution is 2.34. The van der Waals surface area contributed by atoms with Gasteiger partial charge in [0.2, 0.25) is 5.92 Å². The standard InChI is InChI=1S/C16H19BrF2N4S/c1-9-8-24-15(20-9)14-22-12(10(2)17)7-13(23-14)21-11-3-5-16(18,19)6-4-11/h7-8,10-11H,3-6H2,1-2H3,(H,21,22,23). The average molecular weight is 417 g/mol. The van der Waals surface area contributed by atoms with E-state index < -0.39 is 5.92 Å². The van der Waals surface area contributed by atoms with Gasteiger partial charge in [-0.15, -0.1) is 11.3 Å². The van der Waals surface area contributed by atoms with E-state index in [9.17, 15) is 8.78 Å². The highest BCUT2D eigenvalue weighted by molar-refractivity contribution is 9.09. The molecule has 130 valence electrons. The molecule has 4 nitrogen and oxygen atoms in total. The van der Waals surface area contributed by atoms with Crippen LogP contribution in [0, 0.1) is 6.92 Å². The molecule has 2 heterocycles. The lowest BCUT2D eigenvalue weighted by Gasteiger charge is -2.29. The Morgan fingerprint density at radius 3 is 2.58 bits per heavy atom. The van der Waals surface area contributed by atoms with Crippen molar-refractivity contribution >= 4 is 33.1 Å². The van der Waals surface area contributed by atoms with E-state index in [1.165, 1.54) is 11.3 Å². The van der Waals surface area contributed by atoms with Crippen LogP contribution in [0.2, 0.25) is 0 Å². The van der Waals surface area contributed by atoms with Crippen molar-refractivity contribution in [2.24, 2.45) is 0 Å². The van der Waals surface area contributed by atoms with Gasteiger partial charge in [-0.3, -0.25) is 0 Å². The molecule has 1 aliphatic carbocycles. The molecule has 0 aromatic carbocycles. The molecule has 1 aliphatic rings. The van der Waals surface area contributed by atoms with Gasteiger partial charge in [0.1, 0.15) is 5.82 Å². The van der Waals surface area contributed by atoms with Gasteiger partial charge >= 0.3 is 0 Å². The number of alkyl halides is 3. The zero-order valence-electron chi connectivity index (χ0n) is 13.5. The third-order valence-electron chi connectivity index (χ3n) is 4.03. The third kappa shape index (κ3) is 4.27. The molecule has 2 aromatic heterocycles. The summed E-state index contributed by atoms with van der Waals surface area (Å²) in [6.45, 7) is 3.92. The Hall–Kier alpha value is -1.15. The molecule has 0 amide bonds. The molecule has 0 aliphatic heterocycles. The SMILES string of the molecule is Cc1csc(-c2nc(NC3CCC(F)(F)CC3)cc(C(C)Br)n2)n1. The Balaban J connectivity index is 1.83. The first-order chi connectivity index (χ1) is 11.3. The predicted molar refractivity (Wildman–Crippen MR) is 96.0 cm³/mol. The van der Waals surface area contributed by atoms with Crippen molar-refractivity contribution in [3.63, 3.8) is 0 Å². The Morgan fingerprint density at radius 2 is 2.00 bits per heavy atom. The molecular weight excluding hydrogens is 398 g/mol. The summed E-state index contributed by atoms with van der Waals surface area (Å²) < 4.78 is 26.6. The summed E-state index contributed by atoms with van der Waals surface area (Å²) in [5.41, 5.74) is 1.77. The molecule has 1 saturated carbocycles. The lowest BCUT2D eigenvalue weighted by Crippen LogP contribution is -2.32. The second kappa shape index (κ2) is 7.00. The van der Waals surface area contributed by atoms with Crippen molar-refractivity contribution in [3.8, 4) is 10.8 Å². The van der Waals surface area contributed by atoms with Gasteiger partial charge < -0.3 is 5.32 Å². The quantitative estimate of drug-likeness (QED) is 0.681. The summed E-state index contributed by atoms with van der Waals surface area (Å²) in [5.74, 6) is -1.28. The van der Waals surface area contributed by atoms with Gasteiger partial charge in [-0.25, -0.2) is 23.7 Å². The molecule has 3 rings (SSSR count). The maximum atomic E-state index is 13.3. The largest absolute Gasteiger partial charge is 0.367 e. The second-order valence-corrected chi connectivity index (χ2v) is 8.42. The lowest BCUT2D eigenvalue weighted by molar-refractivity contribution is -0.0361. The number of nitrogens with one attached hydrogen (secondary N) is 1. The zero-order valence-corrected chi connectivity index (χ0v) is 15.9. The van der Waals surface area contributed by atoms with Crippen LogP contribution in [-0.2, 0) is 0 Å². The first kappa shape index (κ1) is 17.7. The van der Waals surface area contributed by atoms with E-state index in [2.05, 4.69) is 36.2 Å². The second-order valence-electron chi connectivity index (χ2n) is 6.19. The molecule has 2 aromatic rings. The minimum absolute atomic E-state index is 0.0175. The molecule has 0 radical (unpaired) electrons. The van der Waals surface area contributed by atoms with Gasteiger partial charge in [-0.1, -0.05) is 15.9 Å². The summed E-state index contributed by atoms with van der Waals surface area (Å²) in [6.07, 6.45) is 0.746. The first-order valence-electron chi connectivity index (χ1n) is 7.92. The number of rotatable bonds is 4. The van der Waals surface area contributed by atoms with Crippen LogP contribution in [0.15, 0.2) is 11.4 Å². The molecule has 1 N–H and O–H groups in total. The topological polar surface area (TPSA) is 50.7 Å². The summed E-state index contributed by atoms with van der Waals surface area (Å²) >= 11 is 5.03. The third-order valence-corrected chi connectivity index (χ3v) is 5.46. The number of aryl methyl sites for hydroxylation is 1. The zero-order chi connectivity index (χ0) is 17.3. The Morgan fingerprint density at radius 1 is 1.29 bits per heavy atom. The lowest BCUT2D eigenvalue weighted by atomic mass is 9.92. The molecule has 0 bridgehead atoms. The predicted octanol–water partition coefficient (Wildman–Crippen LogP) is 5.35. The van der Waals surface area contributed by atoms with E-state index in [0.717, 1.165) is 16.4 Å². The monoisotopic (exact) mass is 416 g/mol. The van der Waals surface area contributed by atoms with Crippen molar-refractivity contribution in [2.75, 3.05) is 5.32 Å². The molecule has 8 heteroatoms. The fourth-order valence-electron chi connectivity index (χ4n) is 2.69. The van der Waals surface area contributed by atoms with E-state index in [0.29, 0.717) is 24.5 Å². The van der Waals surface area contributed by atoms with Crippen LogP contribution in [0.1, 0.15) is 48.8 Å². The van der Waals surface area contributed by atoms with E-state index in [4.69, 9.17) is 0 Å². The van der Waals surface area contributed by atoms with E-state index in [1.807, 2.05) is 25.3 Å². The highest BCUT2D eigenvalue weighted by Gasteiger charge is 2.35. The molecule has 1 fully saturated rings. The van der Waals surface area contributed by atoms with Crippen molar-refractivity contribution in [2.45, 2.75) is 56.3 Å². The minimum atomic E-state index is -2.52. The number of anilines is 1. The molecule has 0 saturated heterocycles. The smallest absolute Gasteiger partial charge is 0.248 e. The first-order valence-corrected chi connectivity index (χ1v) is 9.72. The normalized spacial score (nSPS) is 19.2. The molecular formula is C16H19BrF2N4S. The summed E-state index contributed by atoms with van der Waals surface area (Å²) in [6, 6.07) is 1.89. The van der Waals surface area contributed by atoms with Crippen LogP contribution in [0.25, 0.3) is 10.8 Å². The summed E-state index contributed by atoms with van der Waals surface area (Å²) in [7, 11) is 0. The maximum absolute atomic E-state index is 13.3. The summed E-state index contributed by atoms with van der Waals surface area (Å²) in [4.78, 5) is 13.6. The van der Waals surface area contributed by atoms with E-state index in [-0.39, 0.29) is 23.7 Å². The number of halogens is 3. The van der Waals surface area contributed by atoms with Gasteiger partial charge in [-0.2, -0.15) is 0 Å². The maximum Gasteiger partial charge on any atom is 0.248 e. The molecule has 24 heavy (non-hydrogen) atoms. The van der Waals surface area contributed by atoms with E-state index in [1.54, 1.807) is 0 Å². The number of hydrogen-bond donors (Lipinski definition) is 1. The Bertz CT molecular complexity index is 710. The van der Waals surface area contributed by atoms with Crippen LogP contribution in [0.4, 0.5) is 14.6 Å². The average Bonchev–Trinajstić information content (AvgIpc) is 2.96. The van der Waals surface area contributed by atoms with Crippen molar-refractivity contribution < 1.29 is 8.78 Å². The van der Waals surface area contributed by atoms with Gasteiger partial charge in [0, 0.05) is 36.0 Å². The van der Waals surface area contributed by atoms with Gasteiger partial charge in [0.05, 0.1) is 10.5 Å². The van der Waals surface area contributed by atoms with Crippen LogP contribution >= 0.6 is 27.3 Å². The van der Waals surface area contributed by atoms with Gasteiger partial charge in [0.25, 0.3) is 0 Å².